The van der Waals surface area contributed by atoms with Gasteiger partial charge in [0.05, 0.1) is 0 Å². The summed E-state index contributed by atoms with van der Waals surface area (Å²) in [6.45, 7) is 4.52. The number of rotatable bonds is 6. The zero-order chi connectivity index (χ0) is 16.0. The number of hydrogen-bond acceptors (Lipinski definition) is 3. The highest BCUT2D eigenvalue weighted by Crippen LogP contribution is 2.11. The van der Waals surface area contributed by atoms with E-state index in [9.17, 15) is 19.8 Å². The van der Waals surface area contributed by atoms with Gasteiger partial charge in [-0.1, -0.05) is 26.0 Å². The first kappa shape index (κ1) is 16.8. The molecular formula is C15H22N2O4. The van der Waals surface area contributed by atoms with Crippen LogP contribution >= 0.6 is 0 Å². The maximum Gasteiger partial charge on any atom is 0.326 e. The van der Waals surface area contributed by atoms with Crippen molar-refractivity contribution >= 4 is 12.0 Å². The van der Waals surface area contributed by atoms with Crippen molar-refractivity contribution in [2.75, 3.05) is 13.6 Å². The predicted octanol–water partition coefficient (Wildman–Crippen LogP) is 1.69. The molecule has 0 aromatic heterocycles. The highest BCUT2D eigenvalue weighted by atomic mass is 16.4. The average molecular weight is 294 g/mol. The van der Waals surface area contributed by atoms with Crippen LogP contribution in [0.15, 0.2) is 24.3 Å². The fourth-order valence-electron chi connectivity index (χ4n) is 1.96. The first-order valence-electron chi connectivity index (χ1n) is 6.82. The van der Waals surface area contributed by atoms with Gasteiger partial charge in [-0.25, -0.2) is 9.59 Å². The second-order valence-electron chi connectivity index (χ2n) is 5.49. The number of nitrogens with zero attached hydrogens (tertiary/aromatic N) is 1. The summed E-state index contributed by atoms with van der Waals surface area (Å²) in [6.07, 6.45) is 0.164. The van der Waals surface area contributed by atoms with Crippen LogP contribution in [0.1, 0.15) is 19.4 Å². The zero-order valence-corrected chi connectivity index (χ0v) is 12.5. The third-order valence-corrected chi connectivity index (χ3v) is 2.96. The largest absolute Gasteiger partial charge is 0.508 e. The van der Waals surface area contributed by atoms with Crippen LogP contribution in [-0.2, 0) is 11.2 Å². The lowest BCUT2D eigenvalue weighted by atomic mass is 10.1. The van der Waals surface area contributed by atoms with E-state index in [4.69, 9.17) is 0 Å². The Kier molecular flexibility index (Phi) is 6.02. The molecule has 1 aromatic rings. The van der Waals surface area contributed by atoms with Crippen molar-refractivity contribution in [2.24, 2.45) is 5.92 Å². The van der Waals surface area contributed by atoms with E-state index in [1.165, 1.54) is 17.0 Å². The molecule has 0 heterocycles. The van der Waals surface area contributed by atoms with Crippen LogP contribution in [0.25, 0.3) is 0 Å². The molecule has 0 saturated heterocycles. The van der Waals surface area contributed by atoms with Crippen LogP contribution in [0.2, 0.25) is 0 Å². The summed E-state index contributed by atoms with van der Waals surface area (Å²) in [5.74, 6) is -0.665. The fourth-order valence-corrected chi connectivity index (χ4v) is 1.96. The Labute approximate surface area is 124 Å². The van der Waals surface area contributed by atoms with Crippen LogP contribution in [0.5, 0.6) is 5.75 Å². The molecule has 1 aromatic carbocycles. The number of carboxylic acids is 1. The first-order chi connectivity index (χ1) is 9.79. The van der Waals surface area contributed by atoms with Crippen LogP contribution < -0.4 is 5.32 Å². The number of phenolic OH excluding ortho intramolecular Hbond substituents is 1. The molecule has 0 fully saturated rings. The number of carbonyl (C=O) groups excluding carboxylic acids is 1. The van der Waals surface area contributed by atoms with Gasteiger partial charge >= 0.3 is 12.0 Å². The molecule has 0 aliphatic rings. The minimum Gasteiger partial charge on any atom is -0.508 e. The Morgan fingerprint density at radius 2 is 1.81 bits per heavy atom. The average Bonchev–Trinajstić information content (AvgIpc) is 2.39. The molecule has 1 atom stereocenters. The van der Waals surface area contributed by atoms with Crippen molar-refractivity contribution < 1.29 is 19.8 Å². The van der Waals surface area contributed by atoms with E-state index in [0.717, 1.165) is 5.56 Å². The quantitative estimate of drug-likeness (QED) is 0.744. The molecule has 2 amide bonds. The summed E-state index contributed by atoms with van der Waals surface area (Å²) in [4.78, 5) is 24.7. The van der Waals surface area contributed by atoms with Gasteiger partial charge in [-0.3, -0.25) is 0 Å². The van der Waals surface area contributed by atoms with Crippen LogP contribution in [0.4, 0.5) is 4.79 Å². The molecule has 0 spiro atoms. The number of carbonyl (C=O) groups is 2. The van der Waals surface area contributed by atoms with E-state index in [0.29, 0.717) is 12.5 Å². The summed E-state index contributed by atoms with van der Waals surface area (Å²) in [6, 6.07) is 4.83. The smallest absolute Gasteiger partial charge is 0.326 e. The molecule has 116 valence electrons. The van der Waals surface area contributed by atoms with Gasteiger partial charge in [-0.15, -0.1) is 0 Å². The second kappa shape index (κ2) is 7.52. The number of phenols is 1. The van der Waals surface area contributed by atoms with E-state index in [2.05, 4.69) is 5.32 Å². The van der Waals surface area contributed by atoms with Crippen molar-refractivity contribution in [3.63, 3.8) is 0 Å². The highest BCUT2D eigenvalue weighted by Gasteiger charge is 2.22. The van der Waals surface area contributed by atoms with E-state index in [-0.39, 0.29) is 12.2 Å². The number of amides is 2. The lowest BCUT2D eigenvalue weighted by molar-refractivity contribution is -0.139. The number of carboxylic acid groups (broad SMARTS) is 1. The van der Waals surface area contributed by atoms with Gasteiger partial charge in [0.2, 0.25) is 0 Å². The van der Waals surface area contributed by atoms with Gasteiger partial charge in [0, 0.05) is 20.0 Å². The first-order valence-corrected chi connectivity index (χ1v) is 6.82. The molecule has 3 N–H and O–H groups in total. The maximum atomic E-state index is 11.9. The van der Waals surface area contributed by atoms with Crippen molar-refractivity contribution in [3.8, 4) is 5.75 Å². The van der Waals surface area contributed by atoms with Crippen molar-refractivity contribution in [2.45, 2.75) is 26.3 Å². The Morgan fingerprint density at radius 1 is 1.24 bits per heavy atom. The lowest BCUT2D eigenvalue weighted by Crippen LogP contribution is -2.48. The summed E-state index contributed by atoms with van der Waals surface area (Å²) in [7, 11) is 1.63. The van der Waals surface area contributed by atoms with Crippen LogP contribution in [-0.4, -0.2) is 46.7 Å². The summed E-state index contributed by atoms with van der Waals surface area (Å²) < 4.78 is 0. The van der Waals surface area contributed by atoms with Crippen molar-refractivity contribution in [1.29, 1.82) is 0 Å². The Hall–Kier alpha value is -2.24. The molecule has 6 heteroatoms. The topological polar surface area (TPSA) is 89.9 Å². The Morgan fingerprint density at radius 3 is 2.29 bits per heavy atom. The van der Waals surface area contributed by atoms with Crippen LogP contribution in [0.3, 0.4) is 0 Å². The van der Waals surface area contributed by atoms with Gasteiger partial charge in [-0.2, -0.15) is 0 Å². The maximum absolute atomic E-state index is 11.9. The van der Waals surface area contributed by atoms with Crippen molar-refractivity contribution in [3.05, 3.63) is 29.8 Å². The molecule has 0 aliphatic carbocycles. The zero-order valence-electron chi connectivity index (χ0n) is 12.5. The number of aliphatic carboxylic acids is 1. The molecular weight excluding hydrogens is 272 g/mol. The van der Waals surface area contributed by atoms with E-state index < -0.39 is 18.0 Å². The third kappa shape index (κ3) is 5.72. The molecule has 0 saturated carbocycles. The molecule has 21 heavy (non-hydrogen) atoms. The molecule has 0 radical (unpaired) electrons. The minimum absolute atomic E-state index is 0.117. The Bertz CT molecular complexity index is 485. The molecule has 0 aliphatic heterocycles. The van der Waals surface area contributed by atoms with Crippen LogP contribution in [0, 0.1) is 5.92 Å². The summed E-state index contributed by atoms with van der Waals surface area (Å²) in [5.41, 5.74) is 0.729. The highest BCUT2D eigenvalue weighted by molar-refractivity contribution is 5.82. The van der Waals surface area contributed by atoms with Gasteiger partial charge in [0.1, 0.15) is 11.8 Å². The van der Waals surface area contributed by atoms with Gasteiger partial charge in [-0.05, 0) is 23.6 Å². The van der Waals surface area contributed by atoms with Gasteiger partial charge < -0.3 is 20.4 Å². The number of nitrogens with one attached hydrogen (secondary N) is 1. The lowest BCUT2D eigenvalue weighted by Gasteiger charge is -2.23. The monoisotopic (exact) mass is 294 g/mol. The normalized spacial score (nSPS) is 12.0. The number of hydrogen-bond donors (Lipinski definition) is 3. The number of benzene rings is 1. The van der Waals surface area contributed by atoms with E-state index in [1.54, 1.807) is 19.2 Å². The number of urea groups is 1. The molecule has 1 rings (SSSR count). The van der Waals surface area contributed by atoms with Gasteiger partial charge in [0.15, 0.2) is 0 Å². The Balaban J connectivity index is 2.67. The van der Waals surface area contributed by atoms with Gasteiger partial charge in [0.25, 0.3) is 0 Å². The second-order valence-corrected chi connectivity index (χ2v) is 5.49. The summed E-state index contributed by atoms with van der Waals surface area (Å²) in [5, 5.41) is 20.9. The standard InChI is InChI=1S/C15H22N2O4/c1-10(2)9-17(3)15(21)16-13(14(19)20)8-11-4-6-12(18)7-5-11/h4-7,10,13,18H,8-9H2,1-3H3,(H,16,21)(H,19,20)/t13-/m0/s1. The fraction of sp³-hybridized carbons (Fsp3) is 0.467. The molecule has 0 bridgehead atoms. The molecule has 6 nitrogen and oxygen atoms in total. The number of aromatic hydroxyl groups is 1. The van der Waals surface area contributed by atoms with E-state index >= 15 is 0 Å². The third-order valence-electron chi connectivity index (χ3n) is 2.96. The summed E-state index contributed by atoms with van der Waals surface area (Å²) >= 11 is 0. The van der Waals surface area contributed by atoms with Crippen molar-refractivity contribution in [1.82, 2.24) is 10.2 Å². The van der Waals surface area contributed by atoms with E-state index in [1.807, 2.05) is 13.8 Å². The SMILES string of the molecule is CC(C)CN(C)C(=O)N[C@@H](Cc1ccc(O)cc1)C(=O)O. The molecule has 0 unspecified atom stereocenters. The minimum atomic E-state index is -1.09. The predicted molar refractivity (Wildman–Crippen MR) is 79.2 cm³/mol.